The van der Waals surface area contributed by atoms with Crippen LogP contribution in [0.5, 0.6) is 5.75 Å². The van der Waals surface area contributed by atoms with E-state index in [2.05, 4.69) is 32.0 Å². The van der Waals surface area contributed by atoms with Crippen molar-refractivity contribution in [2.75, 3.05) is 13.2 Å². The molecule has 0 saturated carbocycles. The van der Waals surface area contributed by atoms with Gasteiger partial charge in [0, 0.05) is 12.0 Å². The fourth-order valence-electron chi connectivity index (χ4n) is 1.98. The van der Waals surface area contributed by atoms with Crippen LogP contribution in [0.2, 0.25) is 0 Å². The van der Waals surface area contributed by atoms with Crippen LogP contribution in [-0.2, 0) is 12.8 Å². The highest BCUT2D eigenvalue weighted by Crippen LogP contribution is 2.26. The second-order valence-corrected chi connectivity index (χ2v) is 5.44. The van der Waals surface area contributed by atoms with Gasteiger partial charge in [0.1, 0.15) is 5.75 Å². The lowest BCUT2D eigenvalue weighted by atomic mass is 9.95. The van der Waals surface area contributed by atoms with E-state index in [-0.39, 0.29) is 5.41 Å². The zero-order valence-corrected chi connectivity index (χ0v) is 10.3. The lowest BCUT2D eigenvalue weighted by molar-refractivity contribution is 0.187. The van der Waals surface area contributed by atoms with Crippen molar-refractivity contribution in [3.63, 3.8) is 0 Å². The molecule has 2 heteroatoms. The van der Waals surface area contributed by atoms with Gasteiger partial charge >= 0.3 is 0 Å². The van der Waals surface area contributed by atoms with E-state index in [1.165, 1.54) is 30.4 Å². The maximum Gasteiger partial charge on any atom is 0.119 e. The normalized spacial score (nSPS) is 14.9. The van der Waals surface area contributed by atoms with Crippen LogP contribution in [0.1, 0.15) is 31.4 Å². The highest BCUT2D eigenvalue weighted by atomic mass is 16.5. The van der Waals surface area contributed by atoms with Crippen LogP contribution in [-0.4, -0.2) is 13.2 Å². The third-order valence-electron chi connectivity index (χ3n) is 3.25. The molecule has 0 atom stereocenters. The molecule has 2 nitrogen and oxygen atoms in total. The Bertz CT molecular complexity index is 371. The smallest absolute Gasteiger partial charge is 0.119 e. The molecular weight excluding hydrogens is 198 g/mol. The molecule has 88 valence electrons. The van der Waals surface area contributed by atoms with E-state index in [0.29, 0.717) is 13.2 Å². The van der Waals surface area contributed by atoms with Crippen LogP contribution in [0.25, 0.3) is 0 Å². The molecular formula is C14H21NO. The molecule has 0 saturated heterocycles. The fourth-order valence-corrected chi connectivity index (χ4v) is 1.98. The highest BCUT2D eigenvalue weighted by molar-refractivity contribution is 5.38. The molecule has 1 aromatic carbocycles. The third kappa shape index (κ3) is 2.56. The van der Waals surface area contributed by atoms with Gasteiger partial charge in [0.25, 0.3) is 0 Å². The molecule has 0 bridgehead atoms. The summed E-state index contributed by atoms with van der Waals surface area (Å²) < 4.78 is 5.81. The Hall–Kier alpha value is -1.02. The van der Waals surface area contributed by atoms with Gasteiger partial charge in [-0.15, -0.1) is 0 Å². The van der Waals surface area contributed by atoms with Gasteiger partial charge < -0.3 is 10.5 Å². The summed E-state index contributed by atoms with van der Waals surface area (Å²) in [5.74, 6) is 0.988. The van der Waals surface area contributed by atoms with Gasteiger partial charge in [-0.05, 0) is 42.5 Å². The van der Waals surface area contributed by atoms with Crippen LogP contribution < -0.4 is 10.5 Å². The van der Waals surface area contributed by atoms with E-state index >= 15 is 0 Å². The van der Waals surface area contributed by atoms with Gasteiger partial charge in [-0.25, -0.2) is 0 Å². The monoisotopic (exact) mass is 219 g/mol. The molecule has 0 aromatic heterocycles. The van der Waals surface area contributed by atoms with Crippen molar-refractivity contribution in [2.24, 2.45) is 11.1 Å². The summed E-state index contributed by atoms with van der Waals surface area (Å²) >= 11 is 0. The molecule has 2 rings (SSSR count). The topological polar surface area (TPSA) is 35.2 Å². The van der Waals surface area contributed by atoms with Gasteiger partial charge in [-0.1, -0.05) is 19.9 Å². The van der Waals surface area contributed by atoms with Crippen molar-refractivity contribution < 1.29 is 4.74 Å². The van der Waals surface area contributed by atoms with E-state index in [4.69, 9.17) is 10.5 Å². The Morgan fingerprint density at radius 1 is 1.25 bits per heavy atom. The number of benzene rings is 1. The largest absolute Gasteiger partial charge is 0.493 e. The summed E-state index contributed by atoms with van der Waals surface area (Å²) in [6.07, 6.45) is 3.71. The lowest BCUT2D eigenvalue weighted by Gasteiger charge is -2.22. The first-order valence-corrected chi connectivity index (χ1v) is 6.05. The van der Waals surface area contributed by atoms with Crippen LogP contribution in [0.3, 0.4) is 0 Å². The predicted molar refractivity (Wildman–Crippen MR) is 66.8 cm³/mol. The van der Waals surface area contributed by atoms with Gasteiger partial charge in [0.15, 0.2) is 0 Å². The highest BCUT2D eigenvalue weighted by Gasteiger charge is 2.17. The number of hydrogen-bond donors (Lipinski definition) is 1. The van der Waals surface area contributed by atoms with Crippen molar-refractivity contribution in [2.45, 2.75) is 33.1 Å². The molecule has 0 spiro atoms. The quantitative estimate of drug-likeness (QED) is 0.844. The van der Waals surface area contributed by atoms with Crippen LogP contribution in [0.4, 0.5) is 0 Å². The molecule has 1 aliphatic carbocycles. The molecule has 2 N–H and O–H groups in total. The molecule has 0 heterocycles. The first-order valence-electron chi connectivity index (χ1n) is 6.05. The second kappa shape index (κ2) is 4.46. The maximum absolute atomic E-state index is 5.81. The standard InChI is InChI=1S/C14H21NO/c1-14(2,9-15)10-16-13-7-6-11-4-3-5-12(11)8-13/h6-8H,3-5,9-10,15H2,1-2H3. The predicted octanol–water partition coefficient (Wildman–Crippen LogP) is 2.54. The van der Waals surface area contributed by atoms with Crippen LogP contribution >= 0.6 is 0 Å². The number of nitrogens with two attached hydrogens (primary N) is 1. The van der Waals surface area contributed by atoms with E-state index in [0.717, 1.165) is 5.75 Å². The first-order chi connectivity index (χ1) is 7.61. The average Bonchev–Trinajstić information content (AvgIpc) is 2.73. The van der Waals surface area contributed by atoms with Crippen molar-refractivity contribution in [3.05, 3.63) is 29.3 Å². The Labute approximate surface area is 97.8 Å². The molecule has 16 heavy (non-hydrogen) atoms. The summed E-state index contributed by atoms with van der Waals surface area (Å²) in [5.41, 5.74) is 8.69. The summed E-state index contributed by atoms with van der Waals surface area (Å²) in [6, 6.07) is 6.47. The third-order valence-corrected chi connectivity index (χ3v) is 3.25. The summed E-state index contributed by atoms with van der Waals surface area (Å²) in [4.78, 5) is 0. The first kappa shape index (κ1) is 11.5. The average molecular weight is 219 g/mol. The van der Waals surface area contributed by atoms with Crippen LogP contribution in [0, 0.1) is 5.41 Å². The maximum atomic E-state index is 5.81. The number of aryl methyl sites for hydroxylation is 2. The minimum atomic E-state index is 0.0546. The van der Waals surface area contributed by atoms with E-state index in [1.807, 2.05) is 0 Å². The Balaban J connectivity index is 2.00. The van der Waals surface area contributed by atoms with Crippen molar-refractivity contribution in [1.29, 1.82) is 0 Å². The molecule has 0 unspecified atom stereocenters. The molecule has 0 radical (unpaired) electrons. The number of ether oxygens (including phenoxy) is 1. The molecule has 1 aliphatic rings. The molecule has 0 amide bonds. The van der Waals surface area contributed by atoms with Gasteiger partial charge in [-0.3, -0.25) is 0 Å². The minimum absolute atomic E-state index is 0.0546. The summed E-state index contributed by atoms with van der Waals surface area (Å²) in [5, 5.41) is 0. The summed E-state index contributed by atoms with van der Waals surface area (Å²) in [6.45, 7) is 5.58. The van der Waals surface area contributed by atoms with Gasteiger partial charge in [0.05, 0.1) is 6.61 Å². The van der Waals surface area contributed by atoms with Crippen molar-refractivity contribution in [3.8, 4) is 5.75 Å². The van der Waals surface area contributed by atoms with Crippen molar-refractivity contribution >= 4 is 0 Å². The molecule has 0 aliphatic heterocycles. The van der Waals surface area contributed by atoms with Crippen LogP contribution in [0.15, 0.2) is 18.2 Å². The molecule has 0 fully saturated rings. The van der Waals surface area contributed by atoms with Crippen molar-refractivity contribution in [1.82, 2.24) is 0 Å². The summed E-state index contributed by atoms with van der Waals surface area (Å²) in [7, 11) is 0. The second-order valence-electron chi connectivity index (χ2n) is 5.44. The zero-order chi connectivity index (χ0) is 11.6. The lowest BCUT2D eigenvalue weighted by Crippen LogP contribution is -2.30. The number of rotatable bonds is 4. The van der Waals surface area contributed by atoms with E-state index in [1.54, 1.807) is 0 Å². The Morgan fingerprint density at radius 3 is 2.75 bits per heavy atom. The SMILES string of the molecule is CC(C)(CN)COc1ccc2c(c1)CCC2. The fraction of sp³-hybridized carbons (Fsp3) is 0.571. The zero-order valence-electron chi connectivity index (χ0n) is 10.3. The van der Waals surface area contributed by atoms with Gasteiger partial charge in [0.2, 0.25) is 0 Å². The van der Waals surface area contributed by atoms with Gasteiger partial charge in [-0.2, -0.15) is 0 Å². The van der Waals surface area contributed by atoms with E-state index in [9.17, 15) is 0 Å². The molecule has 1 aromatic rings. The number of fused-ring (bicyclic) bond motifs is 1. The Kier molecular flexibility index (Phi) is 3.20. The van der Waals surface area contributed by atoms with E-state index < -0.39 is 0 Å². The number of hydrogen-bond acceptors (Lipinski definition) is 2. The minimum Gasteiger partial charge on any atom is -0.493 e. The Morgan fingerprint density at radius 2 is 2.00 bits per heavy atom.